The number of carboxylic acids is 1. The molecule has 0 saturated heterocycles. The Labute approximate surface area is 165 Å². The van der Waals surface area contributed by atoms with Crippen molar-refractivity contribution < 1.29 is 29.6 Å². The Kier molecular flexibility index (Phi) is 4.22. The first-order chi connectivity index (χ1) is 12.9. The molecule has 0 amide bonds. The Balaban J connectivity index is 1.83. The molecular weight excluding hydrogens is 363 g/mol. The largest absolute Gasteiger partial charge is 0.479 e. The van der Waals surface area contributed by atoms with Gasteiger partial charge in [-0.3, -0.25) is 0 Å². The van der Waals surface area contributed by atoms with Gasteiger partial charge in [-0.15, -0.1) is 0 Å². The molecule has 5 nitrogen and oxygen atoms in total. The van der Waals surface area contributed by atoms with E-state index in [-0.39, 0.29) is 12.3 Å². The SMILES string of the molecule is CC1C[C@H]2[C@@H]3CCC4=CCC=C[C@]4(C)[C@@]3(F)C(O)C[C@]2(C)[C@@]1(O)C(O)C(=O)O. The first kappa shape index (κ1) is 20.0. The van der Waals surface area contributed by atoms with Gasteiger partial charge < -0.3 is 20.4 Å². The number of aliphatic carboxylic acids is 1. The summed E-state index contributed by atoms with van der Waals surface area (Å²) in [5.74, 6) is -2.83. The van der Waals surface area contributed by atoms with Crippen LogP contribution in [-0.4, -0.2) is 49.9 Å². The Bertz CT molecular complexity index is 764. The number of carbonyl (C=O) groups is 1. The average Bonchev–Trinajstić information content (AvgIpc) is 2.83. The molecule has 9 atom stereocenters. The lowest BCUT2D eigenvalue weighted by molar-refractivity contribution is -0.241. The van der Waals surface area contributed by atoms with Gasteiger partial charge in [0.15, 0.2) is 11.8 Å². The third kappa shape index (κ3) is 2.04. The fourth-order valence-electron chi connectivity index (χ4n) is 7.49. The van der Waals surface area contributed by atoms with Crippen molar-refractivity contribution in [2.75, 3.05) is 0 Å². The fourth-order valence-corrected chi connectivity index (χ4v) is 7.49. The quantitative estimate of drug-likeness (QED) is 0.540. The summed E-state index contributed by atoms with van der Waals surface area (Å²) in [7, 11) is 0. The van der Waals surface area contributed by atoms with Crippen LogP contribution in [0.1, 0.15) is 52.9 Å². The minimum atomic E-state index is -1.97. The van der Waals surface area contributed by atoms with Crippen LogP contribution in [0.2, 0.25) is 0 Å². The number of alkyl halides is 1. The molecule has 0 bridgehead atoms. The average molecular weight is 394 g/mol. The van der Waals surface area contributed by atoms with Crippen LogP contribution in [0.4, 0.5) is 4.39 Å². The maximum atomic E-state index is 16.9. The van der Waals surface area contributed by atoms with Crippen molar-refractivity contribution >= 4 is 5.97 Å². The van der Waals surface area contributed by atoms with Crippen molar-refractivity contribution in [1.29, 1.82) is 0 Å². The highest BCUT2D eigenvalue weighted by Crippen LogP contribution is 2.71. The summed E-state index contributed by atoms with van der Waals surface area (Å²) in [4.78, 5) is 11.6. The van der Waals surface area contributed by atoms with Crippen LogP contribution in [0, 0.1) is 28.6 Å². The summed E-state index contributed by atoms with van der Waals surface area (Å²) < 4.78 is 16.9. The van der Waals surface area contributed by atoms with Crippen molar-refractivity contribution in [3.05, 3.63) is 23.8 Å². The fraction of sp³-hybridized carbons (Fsp3) is 0.773. The number of carboxylic acid groups (broad SMARTS) is 1. The number of aliphatic hydroxyl groups excluding tert-OH is 2. The summed E-state index contributed by atoms with van der Waals surface area (Å²) in [6.07, 6.45) is 4.96. The summed E-state index contributed by atoms with van der Waals surface area (Å²) in [6, 6.07) is 0. The molecule has 3 fully saturated rings. The zero-order valence-electron chi connectivity index (χ0n) is 16.7. The molecule has 0 aromatic rings. The molecule has 0 spiro atoms. The number of allylic oxidation sites excluding steroid dienone is 4. The minimum Gasteiger partial charge on any atom is -0.479 e. The zero-order chi connectivity index (χ0) is 20.7. The number of rotatable bonds is 2. The van der Waals surface area contributed by atoms with Crippen molar-refractivity contribution in [2.24, 2.45) is 28.6 Å². The van der Waals surface area contributed by atoms with Crippen molar-refractivity contribution in [3.63, 3.8) is 0 Å². The van der Waals surface area contributed by atoms with Crippen LogP contribution in [-0.2, 0) is 4.79 Å². The van der Waals surface area contributed by atoms with E-state index >= 15 is 4.39 Å². The molecule has 4 aliphatic rings. The maximum Gasteiger partial charge on any atom is 0.335 e. The van der Waals surface area contributed by atoms with E-state index in [1.807, 2.05) is 19.1 Å². The van der Waals surface area contributed by atoms with Crippen LogP contribution < -0.4 is 0 Å². The molecule has 6 heteroatoms. The zero-order valence-corrected chi connectivity index (χ0v) is 16.7. The van der Waals surface area contributed by atoms with Crippen molar-refractivity contribution in [1.82, 2.24) is 0 Å². The first-order valence-corrected chi connectivity index (χ1v) is 10.3. The van der Waals surface area contributed by atoms with Gasteiger partial charge in [0.25, 0.3) is 0 Å². The van der Waals surface area contributed by atoms with E-state index in [0.717, 1.165) is 18.4 Å². The monoisotopic (exact) mass is 394 g/mol. The molecule has 0 heterocycles. The number of aliphatic hydroxyl groups is 3. The molecule has 0 aliphatic heterocycles. The highest BCUT2D eigenvalue weighted by atomic mass is 19.1. The molecule has 3 unspecified atom stereocenters. The van der Waals surface area contributed by atoms with Crippen molar-refractivity contribution in [2.45, 2.75) is 76.4 Å². The second-order valence-corrected chi connectivity index (χ2v) is 9.93. The molecule has 0 aromatic carbocycles. The van der Waals surface area contributed by atoms with Gasteiger partial charge in [0.05, 0.1) is 6.10 Å². The number of halogens is 1. The smallest absolute Gasteiger partial charge is 0.335 e. The van der Waals surface area contributed by atoms with Gasteiger partial charge in [0, 0.05) is 16.7 Å². The van der Waals surface area contributed by atoms with Crippen LogP contribution in [0.25, 0.3) is 0 Å². The first-order valence-electron chi connectivity index (χ1n) is 10.3. The van der Waals surface area contributed by atoms with E-state index in [4.69, 9.17) is 0 Å². The topological polar surface area (TPSA) is 98.0 Å². The van der Waals surface area contributed by atoms with Crippen LogP contribution >= 0.6 is 0 Å². The number of fused-ring (bicyclic) bond motifs is 5. The number of hydrogen-bond donors (Lipinski definition) is 4. The Hall–Kier alpha value is -1.24. The molecule has 3 saturated carbocycles. The predicted octanol–water partition coefficient (Wildman–Crippen LogP) is 2.60. The van der Waals surface area contributed by atoms with E-state index in [1.165, 1.54) is 0 Å². The predicted molar refractivity (Wildman–Crippen MR) is 101 cm³/mol. The van der Waals surface area contributed by atoms with E-state index in [0.29, 0.717) is 12.8 Å². The standard InChI is InChI=1S/C22H31FO5/c1-12-10-15-14-8-7-13-6-4-5-9-19(13,2)21(14,23)16(24)11-20(15,3)22(12,28)17(25)18(26)27/h5-6,9,12,14-17,24-25,28H,4,7-8,10-11H2,1-3H3,(H,26,27)/t12?,14-,15-,16?,17?,19-,20-,21-,22-/m0/s1. The van der Waals surface area contributed by atoms with Gasteiger partial charge >= 0.3 is 5.97 Å². The third-order valence-electron chi connectivity index (χ3n) is 9.01. The second kappa shape index (κ2) is 5.89. The van der Waals surface area contributed by atoms with E-state index in [1.54, 1.807) is 13.8 Å². The summed E-state index contributed by atoms with van der Waals surface area (Å²) in [5, 5.41) is 42.4. The van der Waals surface area contributed by atoms with Crippen LogP contribution in [0.15, 0.2) is 23.8 Å². The third-order valence-corrected chi connectivity index (χ3v) is 9.01. The molecule has 4 N–H and O–H groups in total. The van der Waals surface area contributed by atoms with E-state index in [2.05, 4.69) is 6.08 Å². The lowest BCUT2D eigenvalue weighted by Crippen LogP contribution is -2.70. The lowest BCUT2D eigenvalue weighted by Gasteiger charge is -2.63. The van der Waals surface area contributed by atoms with E-state index in [9.17, 15) is 25.2 Å². The molecule has 156 valence electrons. The van der Waals surface area contributed by atoms with Gasteiger partial charge in [0.1, 0.15) is 5.60 Å². The molecule has 0 radical (unpaired) electrons. The summed E-state index contributed by atoms with van der Waals surface area (Å²) in [5.41, 5.74) is -4.75. The Morgan fingerprint density at radius 2 is 2.00 bits per heavy atom. The minimum absolute atomic E-state index is 0.0768. The molecule has 4 aliphatic carbocycles. The van der Waals surface area contributed by atoms with Gasteiger partial charge in [0.2, 0.25) is 0 Å². The normalized spacial score (nSPS) is 53.6. The summed E-state index contributed by atoms with van der Waals surface area (Å²) in [6.45, 7) is 5.29. The Morgan fingerprint density at radius 1 is 1.32 bits per heavy atom. The van der Waals surface area contributed by atoms with Gasteiger partial charge in [-0.25, -0.2) is 9.18 Å². The molecular formula is C22H31FO5. The Morgan fingerprint density at radius 3 is 2.64 bits per heavy atom. The molecule has 4 rings (SSSR count). The maximum absolute atomic E-state index is 16.9. The summed E-state index contributed by atoms with van der Waals surface area (Å²) >= 11 is 0. The molecule has 0 aromatic heterocycles. The lowest BCUT2D eigenvalue weighted by atomic mass is 9.44. The van der Waals surface area contributed by atoms with Crippen LogP contribution in [0.3, 0.4) is 0 Å². The highest BCUT2D eigenvalue weighted by Gasteiger charge is 2.75. The second-order valence-electron chi connectivity index (χ2n) is 9.93. The van der Waals surface area contributed by atoms with Gasteiger partial charge in [-0.05, 0) is 50.9 Å². The van der Waals surface area contributed by atoms with E-state index < -0.39 is 52.1 Å². The number of hydrogen-bond acceptors (Lipinski definition) is 4. The van der Waals surface area contributed by atoms with Gasteiger partial charge in [-0.1, -0.05) is 37.6 Å². The van der Waals surface area contributed by atoms with Gasteiger partial charge in [-0.2, -0.15) is 0 Å². The highest BCUT2D eigenvalue weighted by molar-refractivity contribution is 5.74. The van der Waals surface area contributed by atoms with Crippen LogP contribution in [0.5, 0.6) is 0 Å². The van der Waals surface area contributed by atoms with Crippen molar-refractivity contribution in [3.8, 4) is 0 Å². The molecule has 28 heavy (non-hydrogen) atoms.